The van der Waals surface area contributed by atoms with Crippen molar-refractivity contribution in [2.45, 2.75) is 58.1 Å². The van der Waals surface area contributed by atoms with Gasteiger partial charge in [0.05, 0.1) is 5.60 Å². The Bertz CT molecular complexity index is 667. The zero-order chi connectivity index (χ0) is 19.1. The predicted octanol–water partition coefficient (Wildman–Crippen LogP) is 5.89. The summed E-state index contributed by atoms with van der Waals surface area (Å²) in [6.07, 6.45) is 3.54. The lowest BCUT2D eigenvalue weighted by Crippen LogP contribution is -2.37. The van der Waals surface area contributed by atoms with Crippen LogP contribution in [-0.4, -0.2) is 30.2 Å². The van der Waals surface area contributed by atoms with E-state index in [-0.39, 0.29) is 5.60 Å². The molecule has 2 atom stereocenters. The van der Waals surface area contributed by atoms with Crippen LogP contribution in [0.3, 0.4) is 0 Å². The molecule has 1 aliphatic rings. The fraction of sp³-hybridized carbons (Fsp3) is 0.520. The van der Waals surface area contributed by atoms with Gasteiger partial charge in [-0.1, -0.05) is 67.6 Å². The van der Waals surface area contributed by atoms with Gasteiger partial charge in [-0.05, 0) is 69.2 Å². The SMILES string of the molecule is CCN(CC[C@@H](c1ccccc1)[C@@H]1CCOC(C)(C)C1)Cc1ccccc1. The summed E-state index contributed by atoms with van der Waals surface area (Å²) in [5, 5.41) is 0. The largest absolute Gasteiger partial charge is 0.376 e. The lowest BCUT2D eigenvalue weighted by molar-refractivity contribution is -0.0775. The van der Waals surface area contributed by atoms with Crippen molar-refractivity contribution in [2.24, 2.45) is 5.92 Å². The number of rotatable bonds is 8. The van der Waals surface area contributed by atoms with Crippen molar-refractivity contribution in [3.05, 3.63) is 71.8 Å². The quantitative estimate of drug-likeness (QED) is 0.578. The third kappa shape index (κ3) is 5.92. The first-order valence-corrected chi connectivity index (χ1v) is 10.5. The minimum Gasteiger partial charge on any atom is -0.376 e. The molecule has 0 radical (unpaired) electrons. The van der Waals surface area contributed by atoms with E-state index in [0.29, 0.717) is 11.8 Å². The van der Waals surface area contributed by atoms with Gasteiger partial charge < -0.3 is 4.74 Å². The second-order valence-electron chi connectivity index (χ2n) is 8.52. The van der Waals surface area contributed by atoms with E-state index in [9.17, 15) is 0 Å². The summed E-state index contributed by atoms with van der Waals surface area (Å²) >= 11 is 0. The standard InChI is InChI=1S/C25H35NO/c1-4-26(20-21-11-7-5-8-12-21)17-15-24(22-13-9-6-10-14-22)23-16-18-27-25(2,3)19-23/h5-14,23-24H,4,15-20H2,1-3H3/t23-,24+/m1/s1. The Hall–Kier alpha value is -1.64. The molecule has 0 unspecified atom stereocenters. The Balaban J connectivity index is 1.69. The summed E-state index contributed by atoms with van der Waals surface area (Å²) in [6, 6.07) is 22.0. The van der Waals surface area contributed by atoms with E-state index in [0.717, 1.165) is 32.7 Å². The highest BCUT2D eigenvalue weighted by Crippen LogP contribution is 2.40. The molecule has 2 aromatic carbocycles. The molecule has 0 N–H and O–H groups in total. The van der Waals surface area contributed by atoms with Crippen LogP contribution in [0.15, 0.2) is 60.7 Å². The molecule has 0 bridgehead atoms. The normalized spacial score (nSPS) is 20.5. The molecule has 2 aromatic rings. The van der Waals surface area contributed by atoms with Crippen LogP contribution in [0.5, 0.6) is 0 Å². The van der Waals surface area contributed by atoms with Crippen LogP contribution < -0.4 is 0 Å². The Labute approximate surface area is 165 Å². The van der Waals surface area contributed by atoms with Crippen molar-refractivity contribution in [3.8, 4) is 0 Å². The first kappa shape index (κ1) is 20.1. The van der Waals surface area contributed by atoms with Crippen LogP contribution in [0.4, 0.5) is 0 Å². The number of hydrogen-bond donors (Lipinski definition) is 0. The van der Waals surface area contributed by atoms with E-state index in [4.69, 9.17) is 4.74 Å². The van der Waals surface area contributed by atoms with Gasteiger partial charge in [0, 0.05) is 13.2 Å². The van der Waals surface area contributed by atoms with Crippen LogP contribution >= 0.6 is 0 Å². The zero-order valence-corrected chi connectivity index (χ0v) is 17.2. The monoisotopic (exact) mass is 365 g/mol. The zero-order valence-electron chi connectivity index (χ0n) is 17.2. The smallest absolute Gasteiger partial charge is 0.0629 e. The molecule has 1 saturated heterocycles. The second-order valence-corrected chi connectivity index (χ2v) is 8.52. The number of nitrogens with zero attached hydrogens (tertiary/aromatic N) is 1. The molecule has 146 valence electrons. The minimum atomic E-state index is 0.00439. The maximum absolute atomic E-state index is 6.00. The highest BCUT2D eigenvalue weighted by atomic mass is 16.5. The summed E-state index contributed by atoms with van der Waals surface area (Å²) in [4.78, 5) is 2.58. The minimum absolute atomic E-state index is 0.00439. The summed E-state index contributed by atoms with van der Waals surface area (Å²) < 4.78 is 6.00. The van der Waals surface area contributed by atoms with Crippen LogP contribution in [0.2, 0.25) is 0 Å². The van der Waals surface area contributed by atoms with E-state index < -0.39 is 0 Å². The number of benzene rings is 2. The average molecular weight is 366 g/mol. The van der Waals surface area contributed by atoms with Crippen molar-refractivity contribution in [1.29, 1.82) is 0 Å². The Kier molecular flexibility index (Phi) is 7.09. The maximum Gasteiger partial charge on any atom is 0.0629 e. The number of hydrogen-bond acceptors (Lipinski definition) is 2. The molecule has 0 aromatic heterocycles. The molecule has 0 saturated carbocycles. The summed E-state index contributed by atoms with van der Waals surface area (Å²) in [5.74, 6) is 1.31. The van der Waals surface area contributed by atoms with Crippen LogP contribution in [0.25, 0.3) is 0 Å². The van der Waals surface area contributed by atoms with Gasteiger partial charge in [-0.3, -0.25) is 4.90 Å². The van der Waals surface area contributed by atoms with Gasteiger partial charge in [-0.25, -0.2) is 0 Å². The Morgan fingerprint density at radius 3 is 2.33 bits per heavy atom. The van der Waals surface area contributed by atoms with Crippen LogP contribution in [0.1, 0.15) is 57.1 Å². The van der Waals surface area contributed by atoms with Gasteiger partial charge in [0.1, 0.15) is 0 Å². The van der Waals surface area contributed by atoms with E-state index in [1.54, 1.807) is 0 Å². The summed E-state index contributed by atoms with van der Waals surface area (Å²) in [7, 11) is 0. The van der Waals surface area contributed by atoms with Gasteiger partial charge in [0.2, 0.25) is 0 Å². The fourth-order valence-corrected chi connectivity index (χ4v) is 4.51. The van der Waals surface area contributed by atoms with Crippen molar-refractivity contribution in [3.63, 3.8) is 0 Å². The highest BCUT2D eigenvalue weighted by Gasteiger charge is 2.34. The summed E-state index contributed by atoms with van der Waals surface area (Å²) in [6.45, 7) is 10.9. The van der Waals surface area contributed by atoms with E-state index in [1.165, 1.54) is 24.0 Å². The molecule has 1 aliphatic heterocycles. The van der Waals surface area contributed by atoms with Crippen LogP contribution in [0, 0.1) is 5.92 Å². The Morgan fingerprint density at radius 2 is 1.70 bits per heavy atom. The third-order valence-corrected chi connectivity index (χ3v) is 5.98. The molecule has 1 heterocycles. The molecule has 3 rings (SSSR count). The molecular formula is C25H35NO. The van der Waals surface area contributed by atoms with Gasteiger partial charge in [0.25, 0.3) is 0 Å². The van der Waals surface area contributed by atoms with Gasteiger partial charge in [0.15, 0.2) is 0 Å². The van der Waals surface area contributed by atoms with Crippen molar-refractivity contribution in [1.82, 2.24) is 4.90 Å². The third-order valence-electron chi connectivity index (χ3n) is 5.98. The van der Waals surface area contributed by atoms with Crippen molar-refractivity contribution in [2.75, 3.05) is 19.7 Å². The lowest BCUT2D eigenvalue weighted by atomic mass is 9.75. The predicted molar refractivity (Wildman–Crippen MR) is 114 cm³/mol. The molecule has 0 aliphatic carbocycles. The summed E-state index contributed by atoms with van der Waals surface area (Å²) in [5.41, 5.74) is 2.91. The molecule has 1 fully saturated rings. The van der Waals surface area contributed by atoms with Crippen molar-refractivity contribution < 1.29 is 4.74 Å². The van der Waals surface area contributed by atoms with E-state index in [1.807, 2.05) is 0 Å². The maximum atomic E-state index is 6.00. The fourth-order valence-electron chi connectivity index (χ4n) is 4.51. The number of ether oxygens (including phenoxy) is 1. The van der Waals surface area contributed by atoms with Gasteiger partial charge in [-0.2, -0.15) is 0 Å². The first-order valence-electron chi connectivity index (χ1n) is 10.5. The topological polar surface area (TPSA) is 12.5 Å². The van der Waals surface area contributed by atoms with Gasteiger partial charge >= 0.3 is 0 Å². The lowest BCUT2D eigenvalue weighted by Gasteiger charge is -2.40. The second kappa shape index (κ2) is 9.52. The highest BCUT2D eigenvalue weighted by molar-refractivity contribution is 5.21. The Morgan fingerprint density at radius 1 is 1.04 bits per heavy atom. The molecule has 27 heavy (non-hydrogen) atoms. The molecule has 0 amide bonds. The first-order chi connectivity index (χ1) is 13.1. The molecule has 0 spiro atoms. The average Bonchev–Trinajstić information content (AvgIpc) is 2.68. The molecule has 2 nitrogen and oxygen atoms in total. The van der Waals surface area contributed by atoms with E-state index in [2.05, 4.69) is 86.3 Å². The van der Waals surface area contributed by atoms with Gasteiger partial charge in [-0.15, -0.1) is 0 Å². The molecule has 2 heteroatoms. The van der Waals surface area contributed by atoms with E-state index >= 15 is 0 Å². The van der Waals surface area contributed by atoms with Crippen molar-refractivity contribution >= 4 is 0 Å². The molecular weight excluding hydrogens is 330 g/mol. The van der Waals surface area contributed by atoms with Crippen LogP contribution in [-0.2, 0) is 11.3 Å².